The fraction of sp³-hybridized carbons (Fsp3) is 0.467. The van der Waals surface area contributed by atoms with Gasteiger partial charge in [-0.15, -0.1) is 5.10 Å². The lowest BCUT2D eigenvalue weighted by Gasteiger charge is -2.28. The number of piperidine rings is 1. The molecule has 0 aliphatic carbocycles. The molecule has 0 amide bonds. The monoisotopic (exact) mass is 271 g/mol. The van der Waals surface area contributed by atoms with Gasteiger partial charge in [0.05, 0.1) is 0 Å². The van der Waals surface area contributed by atoms with Crippen LogP contribution in [0.1, 0.15) is 24.0 Å². The van der Waals surface area contributed by atoms with E-state index in [1.807, 2.05) is 0 Å². The van der Waals surface area contributed by atoms with Crippen molar-refractivity contribution < 1.29 is 0 Å². The van der Waals surface area contributed by atoms with Crippen LogP contribution in [0.25, 0.3) is 11.4 Å². The van der Waals surface area contributed by atoms with E-state index in [9.17, 15) is 0 Å². The maximum atomic E-state index is 5.93. The van der Waals surface area contributed by atoms with Crippen LogP contribution in [0.3, 0.4) is 0 Å². The summed E-state index contributed by atoms with van der Waals surface area (Å²) in [6, 6.07) is 6.69. The van der Waals surface area contributed by atoms with Crippen molar-refractivity contribution in [2.45, 2.75) is 32.7 Å². The standard InChI is InChI=1S/C15H21N5/c1-10-3-4-13(11(2)9-10)14-17-15(19-18-14)20-7-5-12(16)6-8-20/h3-4,9,12H,5-8,16H2,1-2H3,(H,17,18,19). The van der Waals surface area contributed by atoms with Crippen molar-refractivity contribution in [1.82, 2.24) is 15.2 Å². The Morgan fingerprint density at radius 2 is 2.00 bits per heavy atom. The SMILES string of the molecule is Cc1ccc(-c2nc(N3CCC(N)CC3)n[nH]2)c(C)c1. The first kappa shape index (κ1) is 13.1. The minimum Gasteiger partial charge on any atom is -0.339 e. The third-order valence-corrected chi connectivity index (χ3v) is 3.93. The van der Waals surface area contributed by atoms with Crippen LogP contribution >= 0.6 is 0 Å². The van der Waals surface area contributed by atoms with Crippen LogP contribution in [0.2, 0.25) is 0 Å². The first-order chi connectivity index (χ1) is 9.63. The van der Waals surface area contributed by atoms with Gasteiger partial charge < -0.3 is 10.6 Å². The molecule has 1 aromatic carbocycles. The molecule has 0 bridgehead atoms. The summed E-state index contributed by atoms with van der Waals surface area (Å²) < 4.78 is 0. The molecule has 0 spiro atoms. The Balaban J connectivity index is 1.83. The molecule has 5 heteroatoms. The number of nitrogens with one attached hydrogen (secondary N) is 1. The summed E-state index contributed by atoms with van der Waals surface area (Å²) in [5.74, 6) is 1.62. The van der Waals surface area contributed by atoms with Crippen LogP contribution in [-0.4, -0.2) is 34.3 Å². The number of hydrogen-bond donors (Lipinski definition) is 2. The molecule has 0 atom stereocenters. The number of hydrogen-bond acceptors (Lipinski definition) is 4. The molecule has 2 aromatic rings. The molecular formula is C15H21N5. The maximum absolute atomic E-state index is 5.93. The Morgan fingerprint density at radius 1 is 1.25 bits per heavy atom. The van der Waals surface area contributed by atoms with Crippen LogP contribution in [0.4, 0.5) is 5.95 Å². The third kappa shape index (κ3) is 2.54. The van der Waals surface area contributed by atoms with Crippen LogP contribution < -0.4 is 10.6 Å². The number of anilines is 1. The van der Waals surface area contributed by atoms with Gasteiger partial charge in [0, 0.05) is 24.7 Å². The fourth-order valence-electron chi connectivity index (χ4n) is 2.69. The number of aromatic nitrogens is 3. The predicted molar refractivity (Wildman–Crippen MR) is 80.7 cm³/mol. The Hall–Kier alpha value is -1.88. The van der Waals surface area contributed by atoms with E-state index in [0.717, 1.165) is 43.3 Å². The van der Waals surface area contributed by atoms with Gasteiger partial charge in [0.2, 0.25) is 5.95 Å². The molecule has 3 rings (SSSR count). The number of H-pyrrole nitrogens is 1. The van der Waals surface area contributed by atoms with E-state index in [4.69, 9.17) is 5.73 Å². The van der Waals surface area contributed by atoms with Crippen molar-refractivity contribution in [3.63, 3.8) is 0 Å². The molecule has 5 nitrogen and oxygen atoms in total. The molecule has 1 fully saturated rings. The van der Waals surface area contributed by atoms with Gasteiger partial charge in [-0.25, -0.2) is 0 Å². The van der Waals surface area contributed by atoms with Crippen molar-refractivity contribution in [1.29, 1.82) is 0 Å². The molecule has 0 unspecified atom stereocenters. The van der Waals surface area contributed by atoms with Crippen molar-refractivity contribution in [2.75, 3.05) is 18.0 Å². The third-order valence-electron chi connectivity index (χ3n) is 3.93. The smallest absolute Gasteiger partial charge is 0.245 e. The van der Waals surface area contributed by atoms with Gasteiger partial charge in [0.1, 0.15) is 0 Å². The average molecular weight is 271 g/mol. The van der Waals surface area contributed by atoms with Gasteiger partial charge in [-0.3, -0.25) is 5.10 Å². The van der Waals surface area contributed by atoms with E-state index < -0.39 is 0 Å². The van der Waals surface area contributed by atoms with Crippen LogP contribution in [0, 0.1) is 13.8 Å². The summed E-state index contributed by atoms with van der Waals surface area (Å²) in [4.78, 5) is 6.84. The van der Waals surface area contributed by atoms with Gasteiger partial charge >= 0.3 is 0 Å². The quantitative estimate of drug-likeness (QED) is 0.876. The number of nitrogens with two attached hydrogens (primary N) is 1. The fourth-order valence-corrected chi connectivity index (χ4v) is 2.69. The van der Waals surface area contributed by atoms with Gasteiger partial charge in [-0.05, 0) is 32.3 Å². The molecule has 1 aromatic heterocycles. The summed E-state index contributed by atoms with van der Waals surface area (Å²) in [6.45, 7) is 6.07. The summed E-state index contributed by atoms with van der Waals surface area (Å²) in [6.07, 6.45) is 2.01. The van der Waals surface area contributed by atoms with Crippen molar-refractivity contribution in [3.8, 4) is 11.4 Å². The van der Waals surface area contributed by atoms with E-state index in [0.29, 0.717) is 6.04 Å². The first-order valence-electron chi connectivity index (χ1n) is 7.14. The molecule has 0 radical (unpaired) electrons. The number of benzene rings is 1. The molecule has 20 heavy (non-hydrogen) atoms. The molecule has 106 valence electrons. The average Bonchev–Trinajstić information content (AvgIpc) is 2.89. The lowest BCUT2D eigenvalue weighted by Crippen LogP contribution is -2.40. The second-order valence-electron chi connectivity index (χ2n) is 5.63. The molecule has 1 aliphatic rings. The van der Waals surface area contributed by atoms with E-state index in [1.165, 1.54) is 11.1 Å². The Kier molecular flexibility index (Phi) is 3.44. The predicted octanol–water partition coefficient (Wildman–Crippen LogP) is 2.02. The molecule has 2 heterocycles. The van der Waals surface area contributed by atoms with E-state index in [-0.39, 0.29) is 0 Å². The summed E-state index contributed by atoms with van der Waals surface area (Å²) in [5, 5.41) is 7.41. The summed E-state index contributed by atoms with van der Waals surface area (Å²) in [5.41, 5.74) is 9.52. The Morgan fingerprint density at radius 3 is 2.70 bits per heavy atom. The summed E-state index contributed by atoms with van der Waals surface area (Å²) >= 11 is 0. The van der Waals surface area contributed by atoms with Crippen molar-refractivity contribution in [3.05, 3.63) is 29.3 Å². The van der Waals surface area contributed by atoms with Crippen LogP contribution in [-0.2, 0) is 0 Å². The normalized spacial score (nSPS) is 16.6. The second kappa shape index (κ2) is 5.25. The largest absolute Gasteiger partial charge is 0.339 e. The minimum atomic E-state index is 0.323. The molecule has 0 saturated carbocycles. The maximum Gasteiger partial charge on any atom is 0.245 e. The highest BCUT2D eigenvalue weighted by Crippen LogP contribution is 2.23. The molecule has 1 saturated heterocycles. The second-order valence-corrected chi connectivity index (χ2v) is 5.63. The zero-order valence-electron chi connectivity index (χ0n) is 12.1. The zero-order valence-corrected chi connectivity index (χ0v) is 12.1. The van der Waals surface area contributed by atoms with E-state index >= 15 is 0 Å². The highest BCUT2D eigenvalue weighted by Gasteiger charge is 2.20. The number of rotatable bonds is 2. The van der Waals surface area contributed by atoms with E-state index in [1.54, 1.807) is 0 Å². The lowest BCUT2D eigenvalue weighted by molar-refractivity contribution is 0.496. The number of nitrogens with zero attached hydrogens (tertiary/aromatic N) is 3. The highest BCUT2D eigenvalue weighted by atomic mass is 15.4. The van der Waals surface area contributed by atoms with Crippen molar-refractivity contribution >= 4 is 5.95 Å². The topological polar surface area (TPSA) is 70.8 Å². The molecule has 3 N–H and O–H groups in total. The molecule has 1 aliphatic heterocycles. The van der Waals surface area contributed by atoms with Crippen LogP contribution in [0.5, 0.6) is 0 Å². The van der Waals surface area contributed by atoms with Gasteiger partial charge in [0.15, 0.2) is 5.82 Å². The highest BCUT2D eigenvalue weighted by molar-refractivity contribution is 5.61. The van der Waals surface area contributed by atoms with Gasteiger partial charge in [0.25, 0.3) is 0 Å². The lowest BCUT2D eigenvalue weighted by atomic mass is 10.1. The van der Waals surface area contributed by atoms with Crippen LogP contribution in [0.15, 0.2) is 18.2 Å². The minimum absolute atomic E-state index is 0.323. The van der Waals surface area contributed by atoms with Crippen molar-refractivity contribution in [2.24, 2.45) is 5.73 Å². The van der Waals surface area contributed by atoms with E-state index in [2.05, 4.69) is 52.1 Å². The number of aryl methyl sites for hydroxylation is 2. The summed E-state index contributed by atoms with van der Waals surface area (Å²) in [7, 11) is 0. The Bertz CT molecular complexity index is 596. The zero-order chi connectivity index (χ0) is 14.1. The number of aromatic amines is 1. The molecular weight excluding hydrogens is 250 g/mol. The Labute approximate surface area is 119 Å². The first-order valence-corrected chi connectivity index (χ1v) is 7.14. The van der Waals surface area contributed by atoms with Gasteiger partial charge in [-0.1, -0.05) is 23.8 Å². The van der Waals surface area contributed by atoms with Gasteiger partial charge in [-0.2, -0.15) is 4.98 Å².